The molecule has 6 nitrogen and oxygen atoms in total. The van der Waals surface area contributed by atoms with Crippen LogP contribution in [-0.2, 0) is 10.0 Å². The smallest absolute Gasteiger partial charge is 0.255 e. The molecule has 3 rings (SSSR count). The minimum Gasteiger partial charge on any atom is -0.322 e. The lowest BCUT2D eigenvalue weighted by Crippen LogP contribution is -2.48. The Morgan fingerprint density at radius 3 is 2.33 bits per heavy atom. The Labute approximate surface area is 191 Å². The number of sulfonamides is 1. The molecule has 2 aromatic carbocycles. The van der Waals surface area contributed by atoms with Gasteiger partial charge in [0.25, 0.3) is 5.91 Å². The first kappa shape index (κ1) is 24.8. The van der Waals surface area contributed by atoms with E-state index in [1.165, 1.54) is 22.5 Å². The van der Waals surface area contributed by atoms with Gasteiger partial charge in [-0.2, -0.15) is 4.31 Å². The molecule has 2 aromatic rings. The molecule has 1 aliphatic heterocycles. The molecule has 0 bridgehead atoms. The SMILES string of the molecule is CCN1CCN(S(=O)(=O)c2cc(C(=O)Nc3ccc(Cl)c(Cl)c3)ccc2F)CC1.Cl. The van der Waals surface area contributed by atoms with Gasteiger partial charge in [-0.25, -0.2) is 12.8 Å². The van der Waals surface area contributed by atoms with Crippen molar-refractivity contribution in [3.05, 3.63) is 57.8 Å². The molecule has 0 unspecified atom stereocenters. The quantitative estimate of drug-likeness (QED) is 0.676. The van der Waals surface area contributed by atoms with E-state index in [2.05, 4.69) is 10.2 Å². The fraction of sp³-hybridized carbons (Fsp3) is 0.316. The van der Waals surface area contributed by atoms with Crippen LogP contribution in [0.2, 0.25) is 10.0 Å². The Kier molecular flexibility index (Phi) is 8.50. The summed E-state index contributed by atoms with van der Waals surface area (Å²) >= 11 is 11.8. The highest BCUT2D eigenvalue weighted by Crippen LogP contribution is 2.26. The van der Waals surface area contributed by atoms with Crippen molar-refractivity contribution in [2.45, 2.75) is 11.8 Å². The molecule has 0 spiro atoms. The van der Waals surface area contributed by atoms with E-state index in [4.69, 9.17) is 23.2 Å². The third kappa shape index (κ3) is 5.43. The molecule has 1 N–H and O–H groups in total. The van der Waals surface area contributed by atoms with Crippen LogP contribution in [0.4, 0.5) is 10.1 Å². The number of carbonyl (C=O) groups excluding carboxylic acids is 1. The summed E-state index contributed by atoms with van der Waals surface area (Å²) < 4.78 is 41.5. The molecule has 0 aliphatic carbocycles. The maximum atomic E-state index is 14.4. The fourth-order valence-electron chi connectivity index (χ4n) is 3.04. The fourth-order valence-corrected chi connectivity index (χ4v) is 4.86. The van der Waals surface area contributed by atoms with Gasteiger partial charge >= 0.3 is 0 Å². The van der Waals surface area contributed by atoms with E-state index in [9.17, 15) is 17.6 Å². The van der Waals surface area contributed by atoms with Gasteiger partial charge in [-0.3, -0.25) is 4.79 Å². The van der Waals surface area contributed by atoms with Crippen molar-refractivity contribution in [2.75, 3.05) is 38.0 Å². The Bertz CT molecular complexity index is 1030. The standard InChI is InChI=1S/C19H20Cl2FN3O3S.ClH/c1-2-24-7-9-25(10-8-24)29(27,28)18-11-13(3-6-17(18)22)19(26)23-14-4-5-15(20)16(21)12-14;/h3-6,11-12H,2,7-10H2,1H3,(H,23,26);1H. The Morgan fingerprint density at radius 2 is 1.73 bits per heavy atom. The summed E-state index contributed by atoms with van der Waals surface area (Å²) in [4.78, 5) is 14.1. The molecule has 30 heavy (non-hydrogen) atoms. The van der Waals surface area contributed by atoms with Crippen molar-refractivity contribution in [3.8, 4) is 0 Å². The average molecular weight is 497 g/mol. The minimum absolute atomic E-state index is 0. The second-order valence-corrected chi connectivity index (χ2v) is 9.29. The van der Waals surface area contributed by atoms with Crippen LogP contribution in [0.3, 0.4) is 0 Å². The summed E-state index contributed by atoms with van der Waals surface area (Å²) in [5.41, 5.74) is 0.400. The van der Waals surface area contributed by atoms with E-state index in [0.29, 0.717) is 23.8 Å². The molecule has 0 aromatic heterocycles. The number of likely N-dealkylation sites (N-methyl/N-ethyl adjacent to an activating group) is 1. The van der Waals surface area contributed by atoms with Crippen molar-refractivity contribution in [3.63, 3.8) is 0 Å². The van der Waals surface area contributed by atoms with E-state index >= 15 is 0 Å². The summed E-state index contributed by atoms with van der Waals surface area (Å²) in [5.74, 6) is -1.48. The second-order valence-electron chi connectivity index (χ2n) is 6.57. The number of nitrogens with one attached hydrogen (secondary N) is 1. The highest BCUT2D eigenvalue weighted by molar-refractivity contribution is 7.89. The number of nitrogens with zero attached hydrogens (tertiary/aromatic N) is 2. The third-order valence-electron chi connectivity index (χ3n) is 4.77. The predicted molar refractivity (Wildman–Crippen MR) is 119 cm³/mol. The van der Waals surface area contributed by atoms with E-state index in [1.54, 1.807) is 6.07 Å². The van der Waals surface area contributed by atoms with Gasteiger partial charge in [-0.1, -0.05) is 30.1 Å². The van der Waals surface area contributed by atoms with Gasteiger partial charge < -0.3 is 10.2 Å². The Balaban J connectivity index is 0.00000320. The summed E-state index contributed by atoms with van der Waals surface area (Å²) in [6.45, 7) is 4.53. The summed E-state index contributed by atoms with van der Waals surface area (Å²) in [6, 6.07) is 7.82. The van der Waals surface area contributed by atoms with Crippen LogP contribution in [0, 0.1) is 5.82 Å². The molecule has 1 amide bonds. The largest absolute Gasteiger partial charge is 0.322 e. The first-order chi connectivity index (χ1) is 13.7. The monoisotopic (exact) mass is 495 g/mol. The van der Waals surface area contributed by atoms with Crippen LogP contribution in [0.1, 0.15) is 17.3 Å². The van der Waals surface area contributed by atoms with Crippen LogP contribution in [-0.4, -0.2) is 56.3 Å². The van der Waals surface area contributed by atoms with Crippen LogP contribution >= 0.6 is 35.6 Å². The average Bonchev–Trinajstić information content (AvgIpc) is 2.71. The first-order valence-electron chi connectivity index (χ1n) is 9.01. The van der Waals surface area contributed by atoms with Crippen LogP contribution in [0.25, 0.3) is 0 Å². The zero-order valence-electron chi connectivity index (χ0n) is 16.1. The minimum atomic E-state index is -4.05. The predicted octanol–water partition coefficient (Wildman–Crippen LogP) is 4.13. The topological polar surface area (TPSA) is 69.7 Å². The number of hydrogen-bond donors (Lipinski definition) is 1. The lowest BCUT2D eigenvalue weighted by atomic mass is 10.2. The van der Waals surface area contributed by atoms with Gasteiger partial charge in [0.2, 0.25) is 10.0 Å². The van der Waals surface area contributed by atoms with Gasteiger partial charge in [0, 0.05) is 37.4 Å². The second kappa shape index (κ2) is 10.3. The van der Waals surface area contributed by atoms with Gasteiger partial charge in [0.15, 0.2) is 0 Å². The number of amides is 1. The molecule has 1 aliphatic rings. The molecule has 0 radical (unpaired) electrons. The molecular weight excluding hydrogens is 476 g/mol. The van der Waals surface area contributed by atoms with Gasteiger partial charge in [-0.05, 0) is 42.9 Å². The van der Waals surface area contributed by atoms with Gasteiger partial charge in [0.1, 0.15) is 10.7 Å². The maximum Gasteiger partial charge on any atom is 0.255 e. The van der Waals surface area contributed by atoms with Gasteiger partial charge in [0.05, 0.1) is 10.0 Å². The van der Waals surface area contributed by atoms with E-state index in [0.717, 1.165) is 18.7 Å². The van der Waals surface area contributed by atoms with Crippen LogP contribution in [0.15, 0.2) is 41.3 Å². The number of hydrogen-bond acceptors (Lipinski definition) is 4. The summed E-state index contributed by atoms with van der Waals surface area (Å²) in [7, 11) is -4.05. The number of rotatable bonds is 5. The zero-order chi connectivity index (χ0) is 21.2. The maximum absolute atomic E-state index is 14.4. The molecule has 1 saturated heterocycles. The van der Waals surface area contributed by atoms with Crippen molar-refractivity contribution < 1.29 is 17.6 Å². The molecule has 164 valence electrons. The lowest BCUT2D eigenvalue weighted by Gasteiger charge is -2.33. The molecular formula is C19H21Cl3FN3O3S. The highest BCUT2D eigenvalue weighted by atomic mass is 35.5. The molecule has 1 fully saturated rings. The normalized spacial score (nSPS) is 15.5. The Morgan fingerprint density at radius 1 is 1.07 bits per heavy atom. The van der Waals surface area contributed by atoms with E-state index < -0.39 is 26.6 Å². The van der Waals surface area contributed by atoms with Crippen molar-refractivity contribution in [2.24, 2.45) is 0 Å². The number of halogens is 4. The molecule has 1 heterocycles. The molecule has 11 heteroatoms. The van der Waals surface area contributed by atoms with Crippen LogP contribution in [0.5, 0.6) is 0 Å². The molecule has 0 saturated carbocycles. The zero-order valence-corrected chi connectivity index (χ0v) is 19.2. The van der Waals surface area contributed by atoms with Gasteiger partial charge in [-0.15, -0.1) is 12.4 Å². The molecule has 0 atom stereocenters. The van der Waals surface area contributed by atoms with Crippen LogP contribution < -0.4 is 5.32 Å². The van der Waals surface area contributed by atoms with Crippen molar-refractivity contribution in [1.29, 1.82) is 0 Å². The summed E-state index contributed by atoms with van der Waals surface area (Å²) in [6.07, 6.45) is 0. The highest BCUT2D eigenvalue weighted by Gasteiger charge is 2.31. The van der Waals surface area contributed by atoms with Crippen molar-refractivity contribution in [1.82, 2.24) is 9.21 Å². The van der Waals surface area contributed by atoms with E-state index in [1.807, 2.05) is 6.92 Å². The summed E-state index contributed by atoms with van der Waals surface area (Å²) in [5, 5.41) is 3.20. The number of benzene rings is 2. The Hall–Kier alpha value is -1.42. The first-order valence-corrected chi connectivity index (χ1v) is 11.2. The van der Waals surface area contributed by atoms with E-state index in [-0.39, 0.29) is 36.1 Å². The number of piperazine rings is 1. The lowest BCUT2D eigenvalue weighted by molar-refractivity contribution is 0.102. The number of carbonyl (C=O) groups is 1. The number of anilines is 1. The van der Waals surface area contributed by atoms with Crippen molar-refractivity contribution >= 4 is 57.2 Å². The third-order valence-corrected chi connectivity index (χ3v) is 7.42.